The highest BCUT2D eigenvalue weighted by molar-refractivity contribution is 5.93. The second-order valence-electron chi connectivity index (χ2n) is 6.12. The third-order valence-electron chi connectivity index (χ3n) is 4.06. The van der Waals surface area contributed by atoms with E-state index >= 15 is 0 Å². The Bertz CT molecular complexity index is 887. The second-order valence-corrected chi connectivity index (χ2v) is 6.12. The van der Waals surface area contributed by atoms with Gasteiger partial charge >= 0.3 is 0 Å². The fraction of sp³-hybridized carbons (Fsp3) is 0.150. The highest BCUT2D eigenvalue weighted by Gasteiger charge is 2.03. The molecule has 0 spiro atoms. The summed E-state index contributed by atoms with van der Waals surface area (Å²) in [6, 6.07) is 14.8. The third-order valence-corrected chi connectivity index (χ3v) is 4.06. The van der Waals surface area contributed by atoms with Gasteiger partial charge in [-0.15, -0.1) is 0 Å². The molecular formula is C20H21N5O2. The van der Waals surface area contributed by atoms with E-state index in [1.807, 2.05) is 35.0 Å². The molecule has 0 aliphatic heterocycles. The largest absolute Gasteiger partial charge is 0.376 e. The molecule has 138 valence electrons. The standard InChI is InChI=1S/C20H21N5O2/c21-20(27)17-5-7-18(8-6-17)23-12-19(26)24-11-15-1-3-16(4-2-15)13-25-10-9-22-14-25/h1-10,14,23H,11-13H2,(H2,21,27)(H,24,26). The number of carbonyl (C=O) groups is 2. The van der Waals surface area contributed by atoms with E-state index in [9.17, 15) is 9.59 Å². The Morgan fingerprint density at radius 2 is 1.70 bits per heavy atom. The van der Waals surface area contributed by atoms with Crippen molar-refractivity contribution in [2.24, 2.45) is 5.73 Å². The number of amides is 2. The summed E-state index contributed by atoms with van der Waals surface area (Å²) in [6.07, 6.45) is 5.45. The van der Waals surface area contributed by atoms with Gasteiger partial charge in [0.25, 0.3) is 0 Å². The first-order chi connectivity index (χ1) is 13.1. The van der Waals surface area contributed by atoms with Gasteiger partial charge in [-0.1, -0.05) is 24.3 Å². The first kappa shape index (κ1) is 18.2. The minimum absolute atomic E-state index is 0.114. The van der Waals surface area contributed by atoms with Gasteiger partial charge in [-0.2, -0.15) is 0 Å². The number of hydrogen-bond acceptors (Lipinski definition) is 4. The van der Waals surface area contributed by atoms with Crippen molar-refractivity contribution in [3.63, 3.8) is 0 Å². The van der Waals surface area contributed by atoms with Crippen molar-refractivity contribution < 1.29 is 9.59 Å². The van der Waals surface area contributed by atoms with Gasteiger partial charge < -0.3 is 20.9 Å². The van der Waals surface area contributed by atoms with Gasteiger partial charge in [0.2, 0.25) is 11.8 Å². The van der Waals surface area contributed by atoms with Crippen LogP contribution in [0.5, 0.6) is 0 Å². The first-order valence-corrected chi connectivity index (χ1v) is 8.54. The van der Waals surface area contributed by atoms with Crippen molar-refractivity contribution >= 4 is 17.5 Å². The lowest BCUT2D eigenvalue weighted by molar-refractivity contribution is -0.119. The summed E-state index contributed by atoms with van der Waals surface area (Å²) in [4.78, 5) is 27.0. The van der Waals surface area contributed by atoms with Crippen LogP contribution in [0.3, 0.4) is 0 Å². The molecule has 7 heteroatoms. The van der Waals surface area contributed by atoms with Gasteiger partial charge in [0, 0.05) is 36.7 Å². The van der Waals surface area contributed by atoms with Crippen LogP contribution in [0.4, 0.5) is 5.69 Å². The fourth-order valence-corrected chi connectivity index (χ4v) is 2.55. The molecule has 3 rings (SSSR count). The molecule has 2 amide bonds. The minimum Gasteiger partial charge on any atom is -0.376 e. The quantitative estimate of drug-likeness (QED) is 0.567. The number of nitrogens with one attached hydrogen (secondary N) is 2. The lowest BCUT2D eigenvalue weighted by Crippen LogP contribution is -2.29. The smallest absolute Gasteiger partial charge is 0.248 e. The molecule has 7 nitrogen and oxygen atoms in total. The Labute approximate surface area is 157 Å². The number of hydrogen-bond donors (Lipinski definition) is 3. The summed E-state index contributed by atoms with van der Waals surface area (Å²) >= 11 is 0. The van der Waals surface area contributed by atoms with Crippen LogP contribution < -0.4 is 16.4 Å². The second kappa shape index (κ2) is 8.66. The predicted octanol–water partition coefficient (Wildman–Crippen LogP) is 1.76. The number of carbonyl (C=O) groups excluding carboxylic acids is 2. The third kappa shape index (κ3) is 5.43. The van der Waals surface area contributed by atoms with Crippen LogP contribution in [-0.4, -0.2) is 27.9 Å². The summed E-state index contributed by atoms with van der Waals surface area (Å²) in [5.41, 5.74) is 8.58. The molecule has 0 bridgehead atoms. The molecule has 0 aliphatic rings. The van der Waals surface area contributed by atoms with Crippen molar-refractivity contribution in [1.29, 1.82) is 0 Å². The van der Waals surface area contributed by atoms with Crippen LogP contribution in [-0.2, 0) is 17.9 Å². The summed E-state index contributed by atoms with van der Waals surface area (Å²) < 4.78 is 2.00. The van der Waals surface area contributed by atoms with Crippen molar-refractivity contribution in [1.82, 2.24) is 14.9 Å². The number of primary amides is 1. The Kier molecular flexibility index (Phi) is 5.84. The maximum atomic E-state index is 12.0. The van der Waals surface area contributed by atoms with Crippen molar-refractivity contribution in [2.75, 3.05) is 11.9 Å². The minimum atomic E-state index is -0.477. The molecule has 0 radical (unpaired) electrons. The van der Waals surface area contributed by atoms with E-state index in [0.717, 1.165) is 17.8 Å². The van der Waals surface area contributed by atoms with E-state index in [4.69, 9.17) is 5.73 Å². The van der Waals surface area contributed by atoms with E-state index in [-0.39, 0.29) is 12.5 Å². The molecule has 2 aromatic carbocycles. The summed E-state index contributed by atoms with van der Waals surface area (Å²) in [6.45, 7) is 1.38. The highest BCUT2D eigenvalue weighted by Crippen LogP contribution is 2.09. The molecule has 0 atom stereocenters. The van der Waals surface area contributed by atoms with Crippen LogP contribution in [0.25, 0.3) is 0 Å². The number of benzene rings is 2. The van der Waals surface area contributed by atoms with E-state index in [1.54, 1.807) is 36.8 Å². The number of aromatic nitrogens is 2. The van der Waals surface area contributed by atoms with E-state index < -0.39 is 5.91 Å². The van der Waals surface area contributed by atoms with Crippen LogP contribution in [0.15, 0.2) is 67.3 Å². The molecule has 4 N–H and O–H groups in total. The molecule has 0 fully saturated rings. The zero-order valence-electron chi connectivity index (χ0n) is 14.8. The van der Waals surface area contributed by atoms with E-state index in [1.165, 1.54) is 5.56 Å². The zero-order valence-corrected chi connectivity index (χ0v) is 14.8. The van der Waals surface area contributed by atoms with Crippen LogP contribution >= 0.6 is 0 Å². The monoisotopic (exact) mass is 363 g/mol. The average Bonchev–Trinajstić information content (AvgIpc) is 3.19. The van der Waals surface area contributed by atoms with Crippen LogP contribution in [0.2, 0.25) is 0 Å². The topological polar surface area (TPSA) is 102 Å². The number of imidazole rings is 1. The predicted molar refractivity (Wildman–Crippen MR) is 103 cm³/mol. The van der Waals surface area contributed by atoms with Crippen LogP contribution in [0, 0.1) is 0 Å². The molecule has 0 saturated carbocycles. The lowest BCUT2D eigenvalue weighted by Gasteiger charge is -2.09. The number of nitrogens with two attached hydrogens (primary N) is 1. The van der Waals surface area contributed by atoms with Gasteiger partial charge in [-0.3, -0.25) is 9.59 Å². The van der Waals surface area contributed by atoms with Gasteiger partial charge in [0.05, 0.1) is 12.9 Å². The van der Waals surface area contributed by atoms with E-state index in [2.05, 4.69) is 15.6 Å². The normalized spacial score (nSPS) is 10.4. The summed E-state index contributed by atoms with van der Waals surface area (Å²) in [5, 5.41) is 5.88. The Morgan fingerprint density at radius 1 is 1.00 bits per heavy atom. The first-order valence-electron chi connectivity index (χ1n) is 8.54. The molecule has 0 aliphatic carbocycles. The van der Waals surface area contributed by atoms with E-state index in [0.29, 0.717) is 12.1 Å². The summed E-state index contributed by atoms with van der Waals surface area (Å²) in [7, 11) is 0. The summed E-state index contributed by atoms with van der Waals surface area (Å²) in [5.74, 6) is -0.591. The molecule has 1 aromatic heterocycles. The van der Waals surface area contributed by atoms with Gasteiger partial charge in [-0.05, 0) is 35.4 Å². The maximum absolute atomic E-state index is 12.0. The maximum Gasteiger partial charge on any atom is 0.248 e. The van der Waals surface area contributed by atoms with Crippen LogP contribution in [0.1, 0.15) is 21.5 Å². The Hall–Kier alpha value is -3.61. The lowest BCUT2D eigenvalue weighted by atomic mass is 10.1. The van der Waals surface area contributed by atoms with Crippen molar-refractivity contribution in [2.45, 2.75) is 13.1 Å². The molecular weight excluding hydrogens is 342 g/mol. The number of nitrogens with zero attached hydrogens (tertiary/aromatic N) is 2. The molecule has 0 unspecified atom stereocenters. The molecule has 27 heavy (non-hydrogen) atoms. The number of anilines is 1. The van der Waals surface area contributed by atoms with Gasteiger partial charge in [0.15, 0.2) is 0 Å². The molecule has 3 aromatic rings. The zero-order chi connectivity index (χ0) is 19.1. The van der Waals surface area contributed by atoms with Gasteiger partial charge in [0.1, 0.15) is 0 Å². The Balaban J connectivity index is 1.42. The number of rotatable bonds is 8. The SMILES string of the molecule is NC(=O)c1ccc(NCC(=O)NCc2ccc(Cn3ccnc3)cc2)cc1. The fourth-order valence-electron chi connectivity index (χ4n) is 2.55. The van der Waals surface area contributed by atoms with Crippen molar-refractivity contribution in [3.8, 4) is 0 Å². The van der Waals surface area contributed by atoms with Crippen molar-refractivity contribution in [3.05, 3.63) is 83.9 Å². The molecule has 1 heterocycles. The average molecular weight is 363 g/mol. The van der Waals surface area contributed by atoms with Gasteiger partial charge in [-0.25, -0.2) is 4.98 Å². The molecule has 0 saturated heterocycles. The Morgan fingerprint density at radius 3 is 2.33 bits per heavy atom. The highest BCUT2D eigenvalue weighted by atomic mass is 16.2.